The van der Waals surface area contributed by atoms with Crippen LogP contribution in [0.4, 0.5) is 5.69 Å². The van der Waals surface area contributed by atoms with Crippen molar-refractivity contribution in [1.29, 1.82) is 0 Å². The number of aromatic nitrogens is 1. The highest BCUT2D eigenvalue weighted by atomic mass is 35.5. The number of anilines is 1. The number of pyridine rings is 1. The van der Waals surface area contributed by atoms with Crippen molar-refractivity contribution in [2.24, 2.45) is 5.16 Å². The van der Waals surface area contributed by atoms with Gasteiger partial charge in [-0.2, -0.15) is 0 Å². The number of halogens is 1. The van der Waals surface area contributed by atoms with E-state index in [1.165, 1.54) is 0 Å². The molecule has 3 aromatic rings. The fourth-order valence-corrected chi connectivity index (χ4v) is 3.50. The molecule has 0 saturated carbocycles. The van der Waals surface area contributed by atoms with Crippen LogP contribution in [0.3, 0.4) is 0 Å². The van der Waals surface area contributed by atoms with Gasteiger partial charge >= 0.3 is 0 Å². The van der Waals surface area contributed by atoms with Crippen LogP contribution in [0, 0.1) is 0 Å². The Labute approximate surface area is 174 Å². The maximum atomic E-state index is 12.4. The Balaban J connectivity index is 1.30. The van der Waals surface area contributed by atoms with E-state index in [0.29, 0.717) is 6.42 Å². The fraction of sp³-hybridized carbons (Fsp3) is 0.174. The first-order chi connectivity index (χ1) is 14.2. The maximum absolute atomic E-state index is 12.4. The molecule has 1 aliphatic rings. The predicted octanol–water partition coefficient (Wildman–Crippen LogP) is 4.93. The van der Waals surface area contributed by atoms with Gasteiger partial charge in [-0.1, -0.05) is 47.6 Å². The van der Waals surface area contributed by atoms with Gasteiger partial charge in [0.25, 0.3) is 0 Å². The van der Waals surface area contributed by atoms with Crippen LogP contribution in [0.15, 0.2) is 84.3 Å². The number of benzene rings is 2. The van der Waals surface area contributed by atoms with Crippen molar-refractivity contribution < 1.29 is 9.63 Å². The average molecular weight is 406 g/mol. The molecule has 2 heterocycles. The summed E-state index contributed by atoms with van der Waals surface area (Å²) in [6.07, 6.45) is 4.00. The SMILES string of the molecule is O=C(C[C@@H]1CC(c2cccnc2)=NO1)Nc1ccc(C(Cl)c2ccccc2)cc1. The highest BCUT2D eigenvalue weighted by molar-refractivity contribution is 6.22. The normalized spacial score (nSPS) is 16.6. The molecule has 1 amide bonds. The Bertz CT molecular complexity index is 992. The van der Waals surface area contributed by atoms with Crippen LogP contribution >= 0.6 is 11.6 Å². The van der Waals surface area contributed by atoms with Gasteiger partial charge in [-0.25, -0.2) is 0 Å². The van der Waals surface area contributed by atoms with Gasteiger partial charge in [0.15, 0.2) is 0 Å². The van der Waals surface area contributed by atoms with Crippen molar-refractivity contribution in [1.82, 2.24) is 4.98 Å². The summed E-state index contributed by atoms with van der Waals surface area (Å²) >= 11 is 6.55. The second-order valence-electron chi connectivity index (χ2n) is 6.86. The number of alkyl halides is 1. The van der Waals surface area contributed by atoms with Gasteiger partial charge in [0.1, 0.15) is 6.10 Å². The zero-order valence-corrected chi connectivity index (χ0v) is 16.4. The molecule has 0 bridgehead atoms. The van der Waals surface area contributed by atoms with Crippen LogP contribution in [-0.4, -0.2) is 22.7 Å². The van der Waals surface area contributed by atoms with E-state index in [4.69, 9.17) is 16.4 Å². The maximum Gasteiger partial charge on any atom is 0.228 e. The van der Waals surface area contributed by atoms with Crippen LogP contribution in [0.1, 0.15) is 34.9 Å². The molecule has 1 aliphatic heterocycles. The number of amides is 1. The Morgan fingerprint density at radius 2 is 1.83 bits per heavy atom. The van der Waals surface area contributed by atoms with Crippen LogP contribution in [-0.2, 0) is 9.63 Å². The van der Waals surface area contributed by atoms with Gasteiger partial charge in [-0.05, 0) is 35.4 Å². The monoisotopic (exact) mass is 405 g/mol. The number of rotatable bonds is 6. The summed E-state index contributed by atoms with van der Waals surface area (Å²) in [5.41, 5.74) is 4.47. The Kier molecular flexibility index (Phi) is 5.86. The molecule has 0 fully saturated rings. The highest BCUT2D eigenvalue weighted by Crippen LogP contribution is 2.29. The van der Waals surface area contributed by atoms with Gasteiger partial charge in [-0.3, -0.25) is 9.78 Å². The van der Waals surface area contributed by atoms with E-state index in [1.807, 2.05) is 66.7 Å². The topological polar surface area (TPSA) is 63.6 Å². The average Bonchev–Trinajstić information content (AvgIpc) is 3.23. The fourth-order valence-electron chi connectivity index (χ4n) is 3.21. The molecule has 0 saturated heterocycles. The Morgan fingerprint density at radius 3 is 2.55 bits per heavy atom. The standard InChI is InChI=1S/C23H20ClN3O2/c24-23(16-5-2-1-3-6-16)17-8-10-19(11-9-17)26-22(28)14-20-13-21(27-29-20)18-7-4-12-25-15-18/h1-12,15,20,23H,13-14H2,(H,26,28)/t20-,23?/m0/s1. The lowest BCUT2D eigenvalue weighted by atomic mass is 10.0. The minimum Gasteiger partial charge on any atom is -0.391 e. The molecule has 4 rings (SSSR count). The summed E-state index contributed by atoms with van der Waals surface area (Å²) in [5.74, 6) is -0.115. The predicted molar refractivity (Wildman–Crippen MR) is 114 cm³/mol. The first kappa shape index (κ1) is 19.2. The highest BCUT2D eigenvalue weighted by Gasteiger charge is 2.25. The van der Waals surface area contributed by atoms with E-state index in [9.17, 15) is 4.79 Å². The summed E-state index contributed by atoms with van der Waals surface area (Å²) < 4.78 is 0. The van der Waals surface area contributed by atoms with Crippen molar-refractivity contribution >= 4 is 28.9 Å². The van der Waals surface area contributed by atoms with Crippen LogP contribution in [0.25, 0.3) is 0 Å². The van der Waals surface area contributed by atoms with E-state index in [2.05, 4.69) is 15.5 Å². The van der Waals surface area contributed by atoms with E-state index in [-0.39, 0.29) is 23.8 Å². The molecule has 1 N–H and O–H groups in total. The second kappa shape index (κ2) is 8.88. The molecular weight excluding hydrogens is 386 g/mol. The van der Waals surface area contributed by atoms with Crippen molar-refractivity contribution in [3.05, 3.63) is 95.8 Å². The van der Waals surface area contributed by atoms with E-state index >= 15 is 0 Å². The molecule has 1 unspecified atom stereocenters. The lowest BCUT2D eigenvalue weighted by molar-refractivity contribution is -0.118. The van der Waals surface area contributed by atoms with Crippen molar-refractivity contribution in [3.8, 4) is 0 Å². The molecular formula is C23H20ClN3O2. The first-order valence-corrected chi connectivity index (χ1v) is 9.84. The molecule has 146 valence electrons. The summed E-state index contributed by atoms with van der Waals surface area (Å²) in [6.45, 7) is 0. The van der Waals surface area contributed by atoms with Crippen LogP contribution < -0.4 is 5.32 Å². The first-order valence-electron chi connectivity index (χ1n) is 9.41. The minimum absolute atomic E-state index is 0.115. The largest absolute Gasteiger partial charge is 0.391 e. The molecule has 2 atom stereocenters. The molecule has 0 aliphatic carbocycles. The molecule has 0 spiro atoms. The molecule has 5 nitrogen and oxygen atoms in total. The van der Waals surface area contributed by atoms with Crippen LogP contribution in [0.2, 0.25) is 0 Å². The summed E-state index contributed by atoms with van der Waals surface area (Å²) in [7, 11) is 0. The Morgan fingerprint density at radius 1 is 1.07 bits per heavy atom. The number of carbonyl (C=O) groups excluding carboxylic acids is 1. The number of hydrogen-bond donors (Lipinski definition) is 1. The summed E-state index contributed by atoms with van der Waals surface area (Å²) in [5, 5.41) is 6.77. The van der Waals surface area contributed by atoms with Crippen molar-refractivity contribution in [3.63, 3.8) is 0 Å². The lowest BCUT2D eigenvalue weighted by Gasteiger charge is -2.12. The third-order valence-corrected chi connectivity index (χ3v) is 5.22. The number of carbonyl (C=O) groups is 1. The van der Waals surface area contributed by atoms with Gasteiger partial charge in [0.2, 0.25) is 5.91 Å². The summed E-state index contributed by atoms with van der Waals surface area (Å²) in [6, 6.07) is 21.2. The number of oxime groups is 1. The van der Waals surface area contributed by atoms with Gasteiger partial charge in [0, 0.05) is 30.1 Å². The van der Waals surface area contributed by atoms with Gasteiger partial charge in [-0.15, -0.1) is 11.6 Å². The molecule has 6 heteroatoms. The quantitative estimate of drug-likeness (QED) is 0.591. The second-order valence-corrected chi connectivity index (χ2v) is 7.30. The summed E-state index contributed by atoms with van der Waals surface area (Å²) in [4.78, 5) is 21.9. The van der Waals surface area contributed by atoms with Crippen molar-refractivity contribution in [2.75, 3.05) is 5.32 Å². The van der Waals surface area contributed by atoms with E-state index in [1.54, 1.807) is 12.4 Å². The Hall–Kier alpha value is -3.18. The minimum atomic E-state index is -0.269. The number of nitrogens with zero attached hydrogens (tertiary/aromatic N) is 2. The van der Waals surface area contributed by atoms with Crippen LogP contribution in [0.5, 0.6) is 0 Å². The van der Waals surface area contributed by atoms with Gasteiger partial charge < -0.3 is 10.2 Å². The van der Waals surface area contributed by atoms with Gasteiger partial charge in [0.05, 0.1) is 17.5 Å². The van der Waals surface area contributed by atoms with Crippen molar-refractivity contribution in [2.45, 2.75) is 24.3 Å². The van der Waals surface area contributed by atoms with E-state index < -0.39 is 0 Å². The smallest absolute Gasteiger partial charge is 0.228 e. The third-order valence-electron chi connectivity index (χ3n) is 4.72. The zero-order chi connectivity index (χ0) is 20.1. The molecule has 29 heavy (non-hydrogen) atoms. The zero-order valence-electron chi connectivity index (χ0n) is 15.7. The third kappa shape index (κ3) is 4.81. The number of hydrogen-bond acceptors (Lipinski definition) is 4. The molecule has 0 radical (unpaired) electrons. The lowest BCUT2D eigenvalue weighted by Crippen LogP contribution is -2.20. The molecule has 2 aromatic carbocycles. The number of nitrogens with one attached hydrogen (secondary N) is 1. The molecule has 1 aromatic heterocycles. The van der Waals surface area contributed by atoms with E-state index in [0.717, 1.165) is 28.1 Å².